The molecule has 9 nitrogen and oxygen atoms in total. The van der Waals surface area contributed by atoms with Gasteiger partial charge in [-0.2, -0.15) is 0 Å². The molecule has 10 heteroatoms. The summed E-state index contributed by atoms with van der Waals surface area (Å²) in [4.78, 5) is 35.5. The van der Waals surface area contributed by atoms with Crippen LogP contribution < -0.4 is 30.4 Å². The van der Waals surface area contributed by atoms with Crippen LogP contribution in [-0.4, -0.2) is 37.7 Å². The Bertz CT molecular complexity index is 905. The second-order valence-corrected chi connectivity index (χ2v) is 5.97. The summed E-state index contributed by atoms with van der Waals surface area (Å²) in [6, 6.07) is 11.4. The zero-order chi connectivity index (χ0) is 19.9. The van der Waals surface area contributed by atoms with Crippen LogP contribution in [0, 0.1) is 0 Å². The molecule has 0 saturated heterocycles. The minimum Gasteiger partial charge on any atom is -0.482 e. The Labute approximate surface area is 164 Å². The first-order valence-corrected chi connectivity index (χ1v) is 8.53. The summed E-state index contributed by atoms with van der Waals surface area (Å²) in [5, 5.41) is 2.80. The molecule has 2 aromatic rings. The van der Waals surface area contributed by atoms with Crippen LogP contribution in [-0.2, 0) is 9.59 Å². The molecule has 0 spiro atoms. The average Bonchev–Trinajstić information content (AvgIpc) is 3.17. The van der Waals surface area contributed by atoms with Gasteiger partial charge in [-0.3, -0.25) is 25.2 Å². The largest absolute Gasteiger partial charge is 0.482 e. The molecular formula is C18H16ClN3O6. The average molecular weight is 406 g/mol. The van der Waals surface area contributed by atoms with E-state index in [1.807, 2.05) is 0 Å². The predicted octanol–water partition coefficient (Wildman–Crippen LogP) is 1.02. The van der Waals surface area contributed by atoms with E-state index in [9.17, 15) is 14.4 Å². The van der Waals surface area contributed by atoms with Crippen molar-refractivity contribution < 1.29 is 28.6 Å². The number of fused-ring (bicyclic) bond motifs is 1. The molecule has 0 radical (unpaired) electrons. The van der Waals surface area contributed by atoms with E-state index in [0.29, 0.717) is 27.8 Å². The SMILES string of the molecule is O=C(CNC(=O)c1ccc2c(c1)OCO2)NNC(=O)COc1ccccc1Cl. The van der Waals surface area contributed by atoms with E-state index in [0.717, 1.165) is 0 Å². The maximum atomic E-state index is 12.1. The van der Waals surface area contributed by atoms with Crippen LogP contribution in [0.15, 0.2) is 42.5 Å². The van der Waals surface area contributed by atoms with Gasteiger partial charge in [-0.15, -0.1) is 0 Å². The summed E-state index contributed by atoms with van der Waals surface area (Å²) < 4.78 is 15.6. The molecule has 3 N–H and O–H groups in total. The number of hydrazine groups is 1. The first kappa shape index (κ1) is 19.3. The number of para-hydroxylation sites is 1. The zero-order valence-electron chi connectivity index (χ0n) is 14.5. The van der Waals surface area contributed by atoms with Gasteiger partial charge in [0.1, 0.15) is 5.75 Å². The van der Waals surface area contributed by atoms with Crippen LogP contribution in [0.1, 0.15) is 10.4 Å². The molecule has 1 aliphatic heterocycles. The number of carbonyl (C=O) groups is 3. The van der Waals surface area contributed by atoms with Gasteiger partial charge in [0, 0.05) is 5.56 Å². The van der Waals surface area contributed by atoms with Crippen molar-refractivity contribution in [3.8, 4) is 17.2 Å². The van der Waals surface area contributed by atoms with Crippen LogP contribution in [0.25, 0.3) is 0 Å². The summed E-state index contributed by atoms with van der Waals surface area (Å²) in [5.74, 6) is -0.307. The molecule has 1 heterocycles. The third-order valence-electron chi connectivity index (χ3n) is 3.58. The maximum Gasteiger partial charge on any atom is 0.276 e. The van der Waals surface area contributed by atoms with Crippen LogP contribution in [0.5, 0.6) is 17.2 Å². The van der Waals surface area contributed by atoms with Gasteiger partial charge >= 0.3 is 0 Å². The van der Waals surface area contributed by atoms with Gasteiger partial charge in [0.2, 0.25) is 6.79 Å². The van der Waals surface area contributed by atoms with Gasteiger partial charge in [-0.1, -0.05) is 23.7 Å². The van der Waals surface area contributed by atoms with E-state index < -0.39 is 17.7 Å². The summed E-state index contributed by atoms with van der Waals surface area (Å²) in [5.41, 5.74) is 4.66. The van der Waals surface area contributed by atoms with Crippen molar-refractivity contribution in [3.05, 3.63) is 53.1 Å². The highest BCUT2D eigenvalue weighted by molar-refractivity contribution is 6.32. The van der Waals surface area contributed by atoms with E-state index in [4.69, 9.17) is 25.8 Å². The zero-order valence-corrected chi connectivity index (χ0v) is 15.2. The lowest BCUT2D eigenvalue weighted by atomic mass is 10.2. The number of nitrogens with one attached hydrogen (secondary N) is 3. The third-order valence-corrected chi connectivity index (χ3v) is 3.89. The Morgan fingerprint density at radius 1 is 1.00 bits per heavy atom. The number of halogens is 1. The quantitative estimate of drug-likeness (QED) is 0.618. The molecule has 0 aliphatic carbocycles. The highest BCUT2D eigenvalue weighted by Crippen LogP contribution is 2.32. The number of benzene rings is 2. The molecule has 0 unspecified atom stereocenters. The van der Waals surface area contributed by atoms with Gasteiger partial charge in [0.25, 0.3) is 17.7 Å². The Balaban J connectivity index is 1.37. The van der Waals surface area contributed by atoms with Crippen molar-refractivity contribution in [2.45, 2.75) is 0 Å². The van der Waals surface area contributed by atoms with Crippen molar-refractivity contribution in [3.63, 3.8) is 0 Å². The van der Waals surface area contributed by atoms with E-state index in [2.05, 4.69) is 16.2 Å². The van der Waals surface area contributed by atoms with E-state index in [-0.39, 0.29) is 19.9 Å². The lowest BCUT2D eigenvalue weighted by Crippen LogP contribution is -2.47. The van der Waals surface area contributed by atoms with Gasteiger partial charge < -0.3 is 19.5 Å². The fourth-order valence-corrected chi connectivity index (χ4v) is 2.42. The van der Waals surface area contributed by atoms with Crippen LogP contribution in [0.4, 0.5) is 0 Å². The molecule has 28 heavy (non-hydrogen) atoms. The first-order valence-electron chi connectivity index (χ1n) is 8.16. The molecule has 1 aliphatic rings. The Hall–Kier alpha value is -3.46. The van der Waals surface area contributed by atoms with Crippen LogP contribution in [0.3, 0.4) is 0 Å². The van der Waals surface area contributed by atoms with Crippen molar-refractivity contribution in [1.82, 2.24) is 16.2 Å². The normalized spacial score (nSPS) is 11.5. The molecule has 146 valence electrons. The Morgan fingerprint density at radius 2 is 1.75 bits per heavy atom. The second-order valence-electron chi connectivity index (χ2n) is 5.57. The number of amides is 3. The Kier molecular flexibility index (Phi) is 6.18. The van der Waals surface area contributed by atoms with Crippen LogP contribution >= 0.6 is 11.6 Å². The molecule has 0 saturated carbocycles. The number of rotatable bonds is 6. The van der Waals surface area contributed by atoms with Gasteiger partial charge in [0.05, 0.1) is 11.6 Å². The molecule has 3 rings (SSSR count). The van der Waals surface area contributed by atoms with Crippen LogP contribution in [0.2, 0.25) is 5.02 Å². The number of hydrogen-bond acceptors (Lipinski definition) is 6. The molecule has 0 aromatic heterocycles. The number of hydrogen-bond donors (Lipinski definition) is 3. The van der Waals surface area contributed by atoms with Gasteiger partial charge in [-0.05, 0) is 30.3 Å². The molecular weight excluding hydrogens is 390 g/mol. The number of carbonyl (C=O) groups excluding carboxylic acids is 3. The first-order chi connectivity index (χ1) is 13.5. The fourth-order valence-electron chi connectivity index (χ4n) is 2.23. The predicted molar refractivity (Wildman–Crippen MR) is 98.1 cm³/mol. The summed E-state index contributed by atoms with van der Waals surface area (Å²) in [7, 11) is 0. The number of ether oxygens (including phenoxy) is 3. The maximum absolute atomic E-state index is 12.1. The third kappa shape index (κ3) is 5.04. The van der Waals surface area contributed by atoms with Crippen molar-refractivity contribution in [1.29, 1.82) is 0 Å². The fraction of sp³-hybridized carbons (Fsp3) is 0.167. The smallest absolute Gasteiger partial charge is 0.276 e. The molecule has 0 atom stereocenters. The molecule has 2 aromatic carbocycles. The van der Waals surface area contributed by atoms with Crippen molar-refractivity contribution in [2.24, 2.45) is 0 Å². The standard InChI is InChI=1S/C18H16ClN3O6/c19-12-3-1-2-4-13(12)26-9-17(24)22-21-16(23)8-20-18(25)11-5-6-14-15(7-11)28-10-27-14/h1-7H,8-10H2,(H,20,25)(H,21,23)(H,22,24). The molecule has 3 amide bonds. The highest BCUT2D eigenvalue weighted by atomic mass is 35.5. The summed E-state index contributed by atoms with van der Waals surface area (Å²) in [6.07, 6.45) is 0. The summed E-state index contributed by atoms with van der Waals surface area (Å²) in [6.45, 7) is -0.574. The minimum atomic E-state index is -0.611. The second kappa shape index (κ2) is 8.96. The minimum absolute atomic E-state index is 0.0999. The van der Waals surface area contributed by atoms with Crippen molar-refractivity contribution in [2.75, 3.05) is 19.9 Å². The van der Waals surface area contributed by atoms with E-state index in [1.165, 1.54) is 6.07 Å². The molecule has 0 fully saturated rings. The monoisotopic (exact) mass is 405 g/mol. The van der Waals surface area contributed by atoms with Crippen molar-refractivity contribution >= 4 is 29.3 Å². The lowest BCUT2D eigenvalue weighted by molar-refractivity contribution is -0.129. The van der Waals surface area contributed by atoms with Gasteiger partial charge in [-0.25, -0.2) is 0 Å². The van der Waals surface area contributed by atoms with E-state index >= 15 is 0 Å². The lowest BCUT2D eigenvalue weighted by Gasteiger charge is -2.10. The topological polar surface area (TPSA) is 115 Å². The highest BCUT2D eigenvalue weighted by Gasteiger charge is 2.16. The van der Waals surface area contributed by atoms with E-state index in [1.54, 1.807) is 36.4 Å². The Morgan fingerprint density at radius 3 is 2.57 bits per heavy atom. The summed E-state index contributed by atoms with van der Waals surface area (Å²) >= 11 is 5.91. The molecule has 0 bridgehead atoms. The van der Waals surface area contributed by atoms with Gasteiger partial charge in [0.15, 0.2) is 18.1 Å².